The summed E-state index contributed by atoms with van der Waals surface area (Å²) in [6.45, 7) is 6.96. The number of aliphatic imine (C=N–C) groups is 1. The van der Waals surface area contributed by atoms with E-state index in [9.17, 15) is 0 Å². The third-order valence-corrected chi connectivity index (χ3v) is 2.34. The fourth-order valence-electron chi connectivity index (χ4n) is 1.46. The Morgan fingerprint density at radius 3 is 2.44 bits per heavy atom. The van der Waals surface area contributed by atoms with Gasteiger partial charge in [-0.05, 0) is 19.4 Å². The van der Waals surface area contributed by atoms with Gasteiger partial charge in [0.1, 0.15) is 0 Å². The largest absolute Gasteiger partial charge is 0.370 e. The van der Waals surface area contributed by atoms with E-state index in [0.717, 1.165) is 6.54 Å². The quantitative estimate of drug-likeness (QED) is 0.602. The number of guanidine groups is 1. The Balaban J connectivity index is 2.49. The van der Waals surface area contributed by atoms with E-state index < -0.39 is 0 Å². The van der Waals surface area contributed by atoms with Crippen LogP contribution in [0.2, 0.25) is 0 Å². The highest BCUT2D eigenvalue weighted by molar-refractivity contribution is 5.78. The number of nitrogens with one attached hydrogen (secondary N) is 1. The summed E-state index contributed by atoms with van der Waals surface area (Å²) in [6, 6.07) is 10.7. The first-order valence-corrected chi connectivity index (χ1v) is 5.71. The van der Waals surface area contributed by atoms with Crippen LogP contribution in [0.15, 0.2) is 35.3 Å². The molecule has 1 atom stereocenters. The molecule has 0 saturated heterocycles. The van der Waals surface area contributed by atoms with Crippen LogP contribution in [0.3, 0.4) is 0 Å². The van der Waals surface area contributed by atoms with E-state index in [4.69, 9.17) is 5.73 Å². The first-order chi connectivity index (χ1) is 7.59. The predicted molar refractivity (Wildman–Crippen MR) is 69.6 cm³/mol. The summed E-state index contributed by atoms with van der Waals surface area (Å²) in [7, 11) is 0. The van der Waals surface area contributed by atoms with Gasteiger partial charge in [0, 0.05) is 18.5 Å². The van der Waals surface area contributed by atoms with Crippen molar-refractivity contribution in [1.82, 2.24) is 5.32 Å². The van der Waals surface area contributed by atoms with E-state index >= 15 is 0 Å². The monoisotopic (exact) mass is 219 g/mol. The Labute approximate surface area is 97.8 Å². The molecule has 0 saturated carbocycles. The second kappa shape index (κ2) is 6.16. The van der Waals surface area contributed by atoms with Crippen molar-refractivity contribution in [2.24, 2.45) is 10.7 Å². The van der Waals surface area contributed by atoms with Gasteiger partial charge in [0.2, 0.25) is 0 Å². The molecule has 16 heavy (non-hydrogen) atoms. The van der Waals surface area contributed by atoms with Crippen LogP contribution >= 0.6 is 0 Å². The number of nitrogens with two attached hydrogens (primary N) is 1. The molecule has 3 N–H and O–H groups in total. The van der Waals surface area contributed by atoms with Gasteiger partial charge in [-0.3, -0.25) is 4.99 Å². The van der Waals surface area contributed by atoms with E-state index in [1.54, 1.807) is 0 Å². The van der Waals surface area contributed by atoms with E-state index in [1.807, 2.05) is 32.0 Å². The van der Waals surface area contributed by atoms with Gasteiger partial charge in [-0.25, -0.2) is 0 Å². The number of hydrogen-bond donors (Lipinski definition) is 2. The van der Waals surface area contributed by atoms with Crippen molar-refractivity contribution in [3.8, 4) is 0 Å². The highest BCUT2D eigenvalue weighted by Crippen LogP contribution is 2.14. The molecule has 0 aliphatic rings. The Morgan fingerprint density at radius 2 is 1.88 bits per heavy atom. The number of nitrogens with zero attached hydrogens (tertiary/aromatic N) is 1. The SMILES string of the molecule is CC(C)NC(N)=NCC(C)c1ccccc1. The molecule has 1 aromatic rings. The van der Waals surface area contributed by atoms with Crippen LogP contribution in [0.5, 0.6) is 0 Å². The van der Waals surface area contributed by atoms with E-state index in [1.165, 1.54) is 5.56 Å². The summed E-state index contributed by atoms with van der Waals surface area (Å²) < 4.78 is 0. The summed E-state index contributed by atoms with van der Waals surface area (Å²) in [6.07, 6.45) is 0. The van der Waals surface area contributed by atoms with Gasteiger partial charge in [-0.2, -0.15) is 0 Å². The fourth-order valence-corrected chi connectivity index (χ4v) is 1.46. The minimum Gasteiger partial charge on any atom is -0.370 e. The molecule has 0 aromatic heterocycles. The molecule has 88 valence electrons. The second-order valence-corrected chi connectivity index (χ2v) is 4.34. The molecular weight excluding hydrogens is 198 g/mol. The van der Waals surface area contributed by atoms with Crippen molar-refractivity contribution in [2.45, 2.75) is 32.7 Å². The smallest absolute Gasteiger partial charge is 0.188 e. The zero-order valence-corrected chi connectivity index (χ0v) is 10.3. The molecule has 0 aliphatic heterocycles. The molecule has 3 heteroatoms. The lowest BCUT2D eigenvalue weighted by molar-refractivity contribution is 0.712. The highest BCUT2D eigenvalue weighted by atomic mass is 15.1. The summed E-state index contributed by atoms with van der Waals surface area (Å²) in [5, 5.41) is 3.08. The first kappa shape index (κ1) is 12.6. The Morgan fingerprint density at radius 1 is 1.25 bits per heavy atom. The average molecular weight is 219 g/mol. The normalized spacial score (nSPS) is 13.9. The van der Waals surface area contributed by atoms with Crippen molar-refractivity contribution in [3.05, 3.63) is 35.9 Å². The molecule has 0 bridgehead atoms. The van der Waals surface area contributed by atoms with Crippen LogP contribution in [-0.4, -0.2) is 18.5 Å². The molecule has 3 nitrogen and oxygen atoms in total. The topological polar surface area (TPSA) is 50.4 Å². The molecule has 0 amide bonds. The third kappa shape index (κ3) is 4.34. The van der Waals surface area contributed by atoms with Gasteiger partial charge in [0.05, 0.1) is 0 Å². The zero-order valence-electron chi connectivity index (χ0n) is 10.3. The Bertz CT molecular complexity index is 330. The van der Waals surface area contributed by atoms with E-state index in [2.05, 4.69) is 29.4 Å². The Hall–Kier alpha value is -1.51. The van der Waals surface area contributed by atoms with E-state index in [-0.39, 0.29) is 0 Å². The maximum Gasteiger partial charge on any atom is 0.188 e. The van der Waals surface area contributed by atoms with E-state index in [0.29, 0.717) is 17.9 Å². The molecule has 0 spiro atoms. The highest BCUT2D eigenvalue weighted by Gasteiger charge is 2.03. The molecule has 1 unspecified atom stereocenters. The predicted octanol–water partition coefficient (Wildman–Crippen LogP) is 2.10. The van der Waals surface area contributed by atoms with Crippen LogP contribution in [-0.2, 0) is 0 Å². The summed E-state index contributed by atoms with van der Waals surface area (Å²) in [5.41, 5.74) is 7.03. The molecule has 0 heterocycles. The van der Waals surface area contributed by atoms with Gasteiger partial charge in [-0.15, -0.1) is 0 Å². The molecule has 0 fully saturated rings. The number of hydrogen-bond acceptors (Lipinski definition) is 1. The van der Waals surface area contributed by atoms with Crippen molar-refractivity contribution in [3.63, 3.8) is 0 Å². The van der Waals surface area contributed by atoms with Crippen molar-refractivity contribution in [2.75, 3.05) is 6.54 Å². The van der Waals surface area contributed by atoms with Crippen molar-refractivity contribution < 1.29 is 0 Å². The third-order valence-electron chi connectivity index (χ3n) is 2.34. The number of rotatable bonds is 4. The molecule has 0 radical (unpaired) electrons. The second-order valence-electron chi connectivity index (χ2n) is 4.34. The fraction of sp³-hybridized carbons (Fsp3) is 0.462. The van der Waals surface area contributed by atoms with Gasteiger partial charge < -0.3 is 11.1 Å². The summed E-state index contributed by atoms with van der Waals surface area (Å²) in [4.78, 5) is 4.32. The van der Waals surface area contributed by atoms with Crippen molar-refractivity contribution in [1.29, 1.82) is 0 Å². The molecular formula is C13H21N3. The number of benzene rings is 1. The maximum atomic E-state index is 5.74. The van der Waals surface area contributed by atoms with Crippen LogP contribution in [0.4, 0.5) is 0 Å². The van der Waals surface area contributed by atoms with Gasteiger partial charge in [-0.1, -0.05) is 37.3 Å². The van der Waals surface area contributed by atoms with Gasteiger partial charge in [0.15, 0.2) is 5.96 Å². The maximum absolute atomic E-state index is 5.74. The van der Waals surface area contributed by atoms with Gasteiger partial charge in [0.25, 0.3) is 0 Å². The summed E-state index contributed by atoms with van der Waals surface area (Å²) >= 11 is 0. The lowest BCUT2D eigenvalue weighted by Crippen LogP contribution is -2.37. The Kier molecular flexibility index (Phi) is 4.83. The average Bonchev–Trinajstić information content (AvgIpc) is 2.26. The first-order valence-electron chi connectivity index (χ1n) is 5.71. The molecule has 1 aromatic carbocycles. The van der Waals surface area contributed by atoms with Crippen molar-refractivity contribution >= 4 is 5.96 Å². The zero-order chi connectivity index (χ0) is 12.0. The van der Waals surface area contributed by atoms with Crippen LogP contribution < -0.4 is 11.1 Å². The van der Waals surface area contributed by atoms with Crippen LogP contribution in [0, 0.1) is 0 Å². The van der Waals surface area contributed by atoms with Crippen LogP contribution in [0.25, 0.3) is 0 Å². The van der Waals surface area contributed by atoms with Crippen LogP contribution in [0.1, 0.15) is 32.3 Å². The molecule has 0 aliphatic carbocycles. The lowest BCUT2D eigenvalue weighted by Gasteiger charge is -2.11. The lowest BCUT2D eigenvalue weighted by atomic mass is 10.0. The standard InChI is InChI=1S/C13H21N3/c1-10(2)16-13(14)15-9-11(3)12-7-5-4-6-8-12/h4-8,10-11H,9H2,1-3H3,(H3,14,15,16). The minimum atomic E-state index is 0.329. The molecule has 1 rings (SSSR count). The summed E-state index contributed by atoms with van der Waals surface area (Å²) in [5.74, 6) is 0.923. The minimum absolute atomic E-state index is 0.329. The van der Waals surface area contributed by atoms with Gasteiger partial charge >= 0.3 is 0 Å².